The van der Waals surface area contributed by atoms with E-state index in [9.17, 15) is 4.79 Å². The van der Waals surface area contributed by atoms with Gasteiger partial charge in [0, 0.05) is 44.3 Å². The van der Waals surface area contributed by atoms with Crippen LogP contribution < -0.4 is 5.32 Å². The van der Waals surface area contributed by atoms with Crippen molar-refractivity contribution in [3.63, 3.8) is 0 Å². The number of carbonyl (C=O) groups is 1. The maximum Gasteiger partial charge on any atom is 0.323 e. The van der Waals surface area contributed by atoms with Gasteiger partial charge in [-0.05, 0) is 24.1 Å². The number of aliphatic hydroxyl groups is 1. The van der Waals surface area contributed by atoms with E-state index >= 15 is 0 Å². The zero-order valence-corrected chi connectivity index (χ0v) is 12.9. The van der Waals surface area contributed by atoms with Gasteiger partial charge in [0.15, 0.2) is 5.82 Å². The molecule has 0 aliphatic rings. The van der Waals surface area contributed by atoms with Gasteiger partial charge in [0.1, 0.15) is 0 Å². The lowest BCUT2D eigenvalue weighted by molar-refractivity contribution is 0.195. The van der Waals surface area contributed by atoms with Gasteiger partial charge in [-0.25, -0.2) is 4.79 Å². The number of carbonyl (C=O) groups excluding carboxylic acids is 1. The number of aromatic nitrogens is 3. The number of anilines is 1. The molecule has 0 aromatic carbocycles. The van der Waals surface area contributed by atoms with Crippen LogP contribution in [0.4, 0.5) is 10.6 Å². The van der Waals surface area contributed by atoms with E-state index in [2.05, 4.69) is 22.0 Å². The minimum absolute atomic E-state index is 0.0956. The second kappa shape index (κ2) is 8.70. The third-order valence-corrected chi connectivity index (χ3v) is 3.26. The molecule has 0 aliphatic carbocycles. The van der Waals surface area contributed by atoms with Crippen LogP contribution in [-0.2, 0) is 13.0 Å². The van der Waals surface area contributed by atoms with Gasteiger partial charge in [-0.2, -0.15) is 5.10 Å². The lowest BCUT2D eigenvalue weighted by Gasteiger charge is -2.19. The monoisotopic (exact) mass is 315 g/mol. The van der Waals surface area contributed by atoms with Crippen LogP contribution in [-0.4, -0.2) is 50.5 Å². The van der Waals surface area contributed by atoms with E-state index < -0.39 is 0 Å². The Morgan fingerprint density at radius 3 is 2.87 bits per heavy atom. The summed E-state index contributed by atoms with van der Waals surface area (Å²) in [6.07, 6.45) is 7.80. The molecule has 2 amide bonds. The van der Waals surface area contributed by atoms with Gasteiger partial charge in [-0.1, -0.05) is 6.08 Å². The molecule has 0 saturated carbocycles. The van der Waals surface area contributed by atoms with Crippen LogP contribution in [0.1, 0.15) is 5.56 Å². The number of hydrogen-bond donors (Lipinski definition) is 2. The first-order valence-electron chi connectivity index (χ1n) is 7.43. The maximum absolute atomic E-state index is 12.1. The predicted octanol–water partition coefficient (Wildman–Crippen LogP) is 1.53. The Balaban J connectivity index is 1.88. The van der Waals surface area contributed by atoms with E-state index in [0.717, 1.165) is 6.42 Å². The fourth-order valence-corrected chi connectivity index (χ4v) is 2.09. The number of amides is 2. The molecule has 0 aliphatic heterocycles. The molecule has 0 saturated heterocycles. The molecule has 2 aromatic rings. The number of nitrogens with zero attached hydrogens (tertiary/aromatic N) is 4. The largest absolute Gasteiger partial charge is 0.395 e. The number of nitrogens with one attached hydrogen (secondary N) is 1. The lowest BCUT2D eigenvalue weighted by atomic mass is 10.2. The Morgan fingerprint density at radius 1 is 1.39 bits per heavy atom. The molecule has 2 N–H and O–H groups in total. The van der Waals surface area contributed by atoms with Crippen LogP contribution in [0.3, 0.4) is 0 Å². The van der Waals surface area contributed by atoms with Crippen LogP contribution in [0.25, 0.3) is 0 Å². The molecule has 7 heteroatoms. The zero-order chi connectivity index (χ0) is 16.5. The van der Waals surface area contributed by atoms with Gasteiger partial charge < -0.3 is 10.0 Å². The van der Waals surface area contributed by atoms with Crippen molar-refractivity contribution in [3.05, 3.63) is 55.0 Å². The van der Waals surface area contributed by atoms with Gasteiger partial charge in [0.05, 0.1) is 6.61 Å². The number of rotatable bonds is 8. The molecule has 2 aromatic heterocycles. The first-order chi connectivity index (χ1) is 11.2. The highest BCUT2D eigenvalue weighted by Gasteiger charge is 2.12. The molecule has 7 nitrogen and oxygen atoms in total. The van der Waals surface area contributed by atoms with E-state index in [4.69, 9.17) is 5.11 Å². The van der Waals surface area contributed by atoms with E-state index in [1.165, 1.54) is 10.5 Å². The van der Waals surface area contributed by atoms with E-state index in [1.807, 2.05) is 18.3 Å². The highest BCUT2D eigenvalue weighted by atomic mass is 16.3. The topological polar surface area (TPSA) is 83.3 Å². The predicted molar refractivity (Wildman–Crippen MR) is 88.0 cm³/mol. The molecule has 122 valence electrons. The van der Waals surface area contributed by atoms with Crippen LogP contribution >= 0.6 is 0 Å². The van der Waals surface area contributed by atoms with Crippen LogP contribution in [0, 0.1) is 0 Å². The van der Waals surface area contributed by atoms with Gasteiger partial charge >= 0.3 is 6.03 Å². The van der Waals surface area contributed by atoms with Crippen LogP contribution in [0.5, 0.6) is 0 Å². The van der Waals surface area contributed by atoms with Gasteiger partial charge in [-0.15, -0.1) is 6.58 Å². The summed E-state index contributed by atoms with van der Waals surface area (Å²) in [5, 5.41) is 16.0. The molecule has 0 atom stereocenters. The highest BCUT2D eigenvalue weighted by Crippen LogP contribution is 2.06. The average molecular weight is 315 g/mol. The summed E-state index contributed by atoms with van der Waals surface area (Å²) in [6, 6.07) is 5.37. The molecular weight excluding hydrogens is 294 g/mol. The molecule has 0 radical (unpaired) electrons. The summed E-state index contributed by atoms with van der Waals surface area (Å²) in [5.74, 6) is 0.483. The molecule has 0 spiro atoms. The highest BCUT2D eigenvalue weighted by molar-refractivity contribution is 5.88. The van der Waals surface area contributed by atoms with Gasteiger partial charge in [0.2, 0.25) is 0 Å². The van der Waals surface area contributed by atoms with E-state index in [1.54, 1.807) is 29.2 Å². The van der Waals surface area contributed by atoms with Crippen molar-refractivity contribution in [3.8, 4) is 0 Å². The summed E-state index contributed by atoms with van der Waals surface area (Å²) < 4.78 is 1.78. The Labute approximate surface area is 135 Å². The minimum Gasteiger partial charge on any atom is -0.395 e. The minimum atomic E-state index is -0.307. The number of aliphatic hydroxyl groups excluding tert-OH is 1. The average Bonchev–Trinajstić information content (AvgIpc) is 3.01. The van der Waals surface area contributed by atoms with Crippen molar-refractivity contribution in [2.45, 2.75) is 13.0 Å². The second-order valence-corrected chi connectivity index (χ2v) is 4.96. The van der Waals surface area contributed by atoms with Crippen molar-refractivity contribution >= 4 is 11.8 Å². The quantitative estimate of drug-likeness (QED) is 0.724. The van der Waals surface area contributed by atoms with Crippen LogP contribution in [0.2, 0.25) is 0 Å². The van der Waals surface area contributed by atoms with Gasteiger partial charge in [0.25, 0.3) is 0 Å². The molecule has 2 rings (SSSR count). The van der Waals surface area contributed by atoms with Crippen molar-refractivity contribution in [1.82, 2.24) is 19.7 Å². The first-order valence-corrected chi connectivity index (χ1v) is 7.43. The third kappa shape index (κ3) is 5.23. The third-order valence-electron chi connectivity index (χ3n) is 3.26. The maximum atomic E-state index is 12.1. The van der Waals surface area contributed by atoms with Crippen molar-refractivity contribution in [2.24, 2.45) is 0 Å². The lowest BCUT2D eigenvalue weighted by Crippen LogP contribution is -2.37. The fraction of sp³-hybridized carbons (Fsp3) is 0.312. The molecule has 0 fully saturated rings. The van der Waals surface area contributed by atoms with Gasteiger partial charge in [-0.3, -0.25) is 15.0 Å². The summed E-state index contributed by atoms with van der Waals surface area (Å²) in [7, 11) is 0. The molecular formula is C16H21N5O2. The standard InChI is InChI=1S/C16H21N5O2/c1-2-9-20(12-13-22)16(23)18-15-6-11-21(19-15)10-5-14-3-7-17-8-4-14/h2-4,6-8,11,22H,1,5,9-10,12-13H2,(H,18,19,23). The molecule has 2 heterocycles. The number of hydrogen-bond acceptors (Lipinski definition) is 4. The van der Waals surface area contributed by atoms with Crippen molar-refractivity contribution < 1.29 is 9.90 Å². The smallest absolute Gasteiger partial charge is 0.323 e. The molecule has 23 heavy (non-hydrogen) atoms. The fourth-order valence-electron chi connectivity index (χ4n) is 2.09. The molecule has 0 bridgehead atoms. The Hall–Kier alpha value is -2.67. The Kier molecular flexibility index (Phi) is 6.31. The SMILES string of the molecule is C=CCN(CCO)C(=O)Nc1ccn(CCc2ccncc2)n1. The second-order valence-electron chi connectivity index (χ2n) is 4.96. The van der Waals surface area contributed by atoms with E-state index in [0.29, 0.717) is 18.9 Å². The number of aryl methyl sites for hydroxylation is 2. The summed E-state index contributed by atoms with van der Waals surface area (Å²) in [6.45, 7) is 4.84. The Bertz CT molecular complexity index is 626. The van der Waals surface area contributed by atoms with Crippen molar-refractivity contribution in [1.29, 1.82) is 0 Å². The summed E-state index contributed by atoms with van der Waals surface area (Å²) >= 11 is 0. The zero-order valence-electron chi connectivity index (χ0n) is 12.9. The summed E-state index contributed by atoms with van der Waals surface area (Å²) in [4.78, 5) is 17.5. The van der Waals surface area contributed by atoms with Crippen LogP contribution in [0.15, 0.2) is 49.4 Å². The summed E-state index contributed by atoms with van der Waals surface area (Å²) in [5.41, 5.74) is 1.18. The normalized spacial score (nSPS) is 10.3. The molecule has 0 unspecified atom stereocenters. The Morgan fingerprint density at radius 2 is 2.17 bits per heavy atom. The van der Waals surface area contributed by atoms with Crippen molar-refractivity contribution in [2.75, 3.05) is 25.0 Å². The van der Waals surface area contributed by atoms with E-state index in [-0.39, 0.29) is 19.2 Å². The number of pyridine rings is 1. The number of urea groups is 1. The first kappa shape index (κ1) is 16.7.